The van der Waals surface area contributed by atoms with E-state index in [9.17, 15) is 4.79 Å². The third-order valence-electron chi connectivity index (χ3n) is 4.52. The van der Waals surface area contributed by atoms with Gasteiger partial charge >= 0.3 is 13.1 Å². The average Bonchev–Trinajstić information content (AvgIpc) is 2.90. The number of hydrogen-bond donors (Lipinski definition) is 4. The number of benzene rings is 3. The summed E-state index contributed by atoms with van der Waals surface area (Å²) in [5.41, 5.74) is 4.41. The second kappa shape index (κ2) is 19.6. The van der Waals surface area contributed by atoms with E-state index in [4.69, 9.17) is 20.2 Å². The minimum Gasteiger partial charge on any atom is -0.497 e. The van der Waals surface area contributed by atoms with Crippen molar-refractivity contribution >= 4 is 35.6 Å². The van der Waals surface area contributed by atoms with Crippen molar-refractivity contribution < 1.29 is 24.3 Å². The first-order valence-corrected chi connectivity index (χ1v) is 11.9. The van der Waals surface area contributed by atoms with Crippen LogP contribution in [0.5, 0.6) is 5.75 Å². The zero-order valence-corrected chi connectivity index (χ0v) is 22.5. The van der Waals surface area contributed by atoms with Crippen LogP contribution in [0.3, 0.4) is 0 Å². The van der Waals surface area contributed by atoms with Crippen LogP contribution in [0.25, 0.3) is 0 Å². The molecule has 0 atom stereocenters. The molecule has 0 fully saturated rings. The number of rotatable bonds is 6. The van der Waals surface area contributed by atoms with E-state index in [0.717, 1.165) is 16.8 Å². The first-order chi connectivity index (χ1) is 17.2. The largest absolute Gasteiger partial charge is 0.497 e. The highest BCUT2D eigenvalue weighted by molar-refractivity contribution is 6.58. The Kier molecular flexibility index (Phi) is 18.8. The quantitative estimate of drug-likeness (QED) is 0.194. The number of esters is 1. The van der Waals surface area contributed by atoms with Crippen LogP contribution in [0.1, 0.15) is 51.8 Å². The van der Waals surface area contributed by atoms with Crippen LogP contribution < -0.4 is 15.5 Å². The summed E-state index contributed by atoms with van der Waals surface area (Å²) >= 11 is 0. The average molecular weight is 510 g/mol. The second-order valence-electron chi connectivity index (χ2n) is 7.06. The van der Waals surface area contributed by atoms with Crippen molar-refractivity contribution in [2.75, 3.05) is 19.5 Å². The molecule has 8 heteroatoms. The Hall–Kier alpha value is -3.62. The molecule has 0 saturated carbocycles. The molecule has 3 aromatic carbocycles. The normalized spacial score (nSPS) is 8.81. The molecular weight excluding hydrogens is 467 g/mol. The topological polar surface area (TPSA) is 112 Å². The van der Waals surface area contributed by atoms with Gasteiger partial charge in [-0.15, -0.1) is 0 Å². The highest BCUT2D eigenvalue weighted by Gasteiger charge is 2.17. The van der Waals surface area contributed by atoms with E-state index in [1.165, 1.54) is 14.2 Å². The third-order valence-corrected chi connectivity index (χ3v) is 4.52. The maximum atomic E-state index is 11.7. The number of ether oxygens (including phenoxy) is 2. The van der Waals surface area contributed by atoms with Crippen LogP contribution in [0.4, 0.5) is 11.4 Å². The van der Waals surface area contributed by atoms with Gasteiger partial charge < -0.3 is 24.8 Å². The molecule has 3 aromatic rings. The van der Waals surface area contributed by atoms with Crippen LogP contribution in [0.15, 0.2) is 66.7 Å². The van der Waals surface area contributed by atoms with E-state index in [-0.39, 0.29) is 13.1 Å². The van der Waals surface area contributed by atoms with E-state index >= 15 is 0 Å². The number of anilines is 2. The summed E-state index contributed by atoms with van der Waals surface area (Å²) in [4.78, 5) is 11.7. The van der Waals surface area contributed by atoms with Crippen molar-refractivity contribution in [1.29, 1.82) is 5.41 Å². The van der Waals surface area contributed by atoms with Gasteiger partial charge in [0.25, 0.3) is 0 Å². The summed E-state index contributed by atoms with van der Waals surface area (Å²) in [6.45, 7) is 11.9. The van der Waals surface area contributed by atoms with Gasteiger partial charge in [-0.2, -0.15) is 0 Å². The number of hydrogen-bond acceptors (Lipinski definition) is 7. The highest BCUT2D eigenvalue weighted by Crippen LogP contribution is 2.26. The molecule has 4 N–H and O–H groups in total. The van der Waals surface area contributed by atoms with Crippen LogP contribution >= 0.6 is 0 Å². The highest BCUT2D eigenvalue weighted by atomic mass is 16.5. The number of methoxy groups -OCH3 is 2. The number of nitrogens with one attached hydrogen (secondary N) is 2. The van der Waals surface area contributed by atoms with Gasteiger partial charge in [0.15, 0.2) is 0 Å². The van der Waals surface area contributed by atoms with Gasteiger partial charge in [0.2, 0.25) is 0 Å². The van der Waals surface area contributed by atoms with Gasteiger partial charge in [-0.05, 0) is 55.2 Å². The van der Waals surface area contributed by atoms with Gasteiger partial charge in [0, 0.05) is 16.9 Å². The number of carbonyl (C=O) groups excluding carboxylic acids is 1. The summed E-state index contributed by atoms with van der Waals surface area (Å²) < 4.78 is 9.80. The molecule has 7 nitrogen and oxygen atoms in total. The molecule has 0 aliphatic heterocycles. The fourth-order valence-electron chi connectivity index (χ4n) is 2.89. The van der Waals surface area contributed by atoms with E-state index < -0.39 is 13.1 Å². The first kappa shape index (κ1) is 35.5. The van der Waals surface area contributed by atoms with Gasteiger partial charge in [-0.25, -0.2) is 4.79 Å². The molecule has 0 bridgehead atoms. The van der Waals surface area contributed by atoms with Crippen molar-refractivity contribution in [3.8, 4) is 5.75 Å². The lowest BCUT2D eigenvalue weighted by molar-refractivity contribution is -0.132. The lowest BCUT2D eigenvalue weighted by Crippen LogP contribution is -2.29. The van der Waals surface area contributed by atoms with Gasteiger partial charge in [0.1, 0.15) is 11.5 Å². The molecule has 0 saturated heterocycles. The fourth-order valence-corrected chi connectivity index (χ4v) is 2.89. The Labute approximate surface area is 223 Å². The maximum Gasteiger partial charge on any atom is 0.488 e. The number of aryl methyl sites for hydroxylation is 2. The molecule has 0 aromatic heterocycles. The summed E-state index contributed by atoms with van der Waals surface area (Å²) in [5.74, 6) is -0.126. The molecule has 0 aliphatic rings. The minimum atomic E-state index is -1.35. The predicted molar refractivity (Wildman–Crippen MR) is 157 cm³/mol. The van der Waals surface area contributed by atoms with Crippen molar-refractivity contribution in [1.82, 2.24) is 0 Å². The van der Waals surface area contributed by atoms with Gasteiger partial charge in [-0.3, -0.25) is 5.41 Å². The maximum absolute atomic E-state index is 11.7. The molecule has 0 radical (unpaired) electrons. The summed E-state index contributed by atoms with van der Waals surface area (Å²) in [6.07, 6.45) is 0. The van der Waals surface area contributed by atoms with Gasteiger partial charge in [0.05, 0.1) is 14.2 Å². The molecule has 202 valence electrons. The van der Waals surface area contributed by atoms with Crippen molar-refractivity contribution in [2.24, 2.45) is 0 Å². The zero-order chi connectivity index (χ0) is 27.7. The predicted octanol–water partition coefficient (Wildman–Crippen LogP) is 5.65. The van der Waals surface area contributed by atoms with Crippen LogP contribution in [-0.4, -0.2) is 43.1 Å². The molecule has 0 aliphatic carbocycles. The molecule has 0 unspecified atom stereocenters. The van der Waals surface area contributed by atoms with E-state index in [1.54, 1.807) is 36.4 Å². The third kappa shape index (κ3) is 12.3. The Bertz CT molecular complexity index is 1090. The molecule has 0 spiro atoms. The van der Waals surface area contributed by atoms with E-state index in [0.29, 0.717) is 22.5 Å². The lowest BCUT2D eigenvalue weighted by atomic mass is 9.80. The monoisotopic (exact) mass is 510 g/mol. The number of carbonyl (C=O) groups is 1. The second-order valence-corrected chi connectivity index (χ2v) is 7.06. The summed E-state index contributed by atoms with van der Waals surface area (Å²) in [7, 11) is 1.44. The fraction of sp³-hybridized carbons (Fsp3) is 0.310. The summed E-state index contributed by atoms with van der Waals surface area (Å²) in [5, 5.41) is 28.6. The van der Waals surface area contributed by atoms with Crippen molar-refractivity contribution in [2.45, 2.75) is 49.0 Å². The lowest BCUT2D eigenvalue weighted by Gasteiger charge is -2.14. The smallest absolute Gasteiger partial charge is 0.488 e. The zero-order valence-electron chi connectivity index (χ0n) is 22.5. The first-order valence-electron chi connectivity index (χ1n) is 11.9. The van der Waals surface area contributed by atoms with Crippen LogP contribution in [0.2, 0.25) is 0 Å². The van der Waals surface area contributed by atoms with Crippen molar-refractivity contribution in [3.05, 3.63) is 83.4 Å². The molecular formula is C29H43BN2O5. The Morgan fingerprint density at radius 3 is 1.89 bits per heavy atom. The van der Waals surface area contributed by atoms with Crippen LogP contribution in [-0.2, 0) is 9.53 Å². The SMILES string of the molecule is C.CC.CC.COC(=O)C(=N)c1cc(OC)ccc1Nc1cccc(C)c1.Cc1cccc(B(O)O)c1. The minimum absolute atomic E-state index is 0. The Balaban J connectivity index is 0. The van der Waals surface area contributed by atoms with Crippen molar-refractivity contribution in [3.63, 3.8) is 0 Å². The van der Waals surface area contributed by atoms with Gasteiger partial charge in [-0.1, -0.05) is 77.1 Å². The van der Waals surface area contributed by atoms with Crippen LogP contribution in [0, 0.1) is 19.3 Å². The molecule has 37 heavy (non-hydrogen) atoms. The Morgan fingerprint density at radius 2 is 1.43 bits per heavy atom. The summed E-state index contributed by atoms with van der Waals surface area (Å²) in [6, 6.07) is 20.1. The molecule has 3 rings (SSSR count). The molecule has 0 heterocycles. The Morgan fingerprint density at radius 1 is 0.865 bits per heavy atom. The van der Waals surface area contributed by atoms with E-state index in [2.05, 4.69) is 10.1 Å². The van der Waals surface area contributed by atoms with E-state index in [1.807, 2.05) is 71.9 Å². The molecule has 0 amide bonds. The standard InChI is InChI=1S/C17H18N2O3.C7H9BO2.2C2H6.CH4/c1-11-5-4-6-12(9-11)19-15-8-7-13(21-2)10-14(15)16(18)17(20)22-3;1-6-3-2-4-7(5-6)8(9)10;2*1-2;/h4-10,18-19H,1-3H3;2-5,9-10H,1H3;2*1-2H3;1H4.